The highest BCUT2D eigenvalue weighted by Crippen LogP contribution is 2.17. The van der Waals surface area contributed by atoms with Crippen LogP contribution >= 0.6 is 35.7 Å². The number of hydrogen-bond donors (Lipinski definition) is 2. The summed E-state index contributed by atoms with van der Waals surface area (Å²) in [5.41, 5.74) is 0. The fourth-order valence-electron chi connectivity index (χ4n) is 3.09. The zero-order valence-corrected chi connectivity index (χ0v) is 19.4. The number of hydrogen-bond acceptors (Lipinski definition) is 3. The van der Waals surface area contributed by atoms with E-state index in [1.54, 1.807) is 0 Å². The highest BCUT2D eigenvalue weighted by molar-refractivity contribution is 14.0. The molecular weight excluding hydrogens is 455 g/mol. The normalized spacial score (nSPS) is 16.2. The Hall–Kier alpha value is -0.470. The van der Waals surface area contributed by atoms with E-state index in [-0.39, 0.29) is 24.0 Å². The van der Waals surface area contributed by atoms with Crippen LogP contribution in [-0.4, -0.2) is 55.4 Å². The van der Waals surface area contributed by atoms with Crippen molar-refractivity contribution in [2.75, 3.05) is 38.5 Å². The minimum atomic E-state index is 0. The molecule has 1 fully saturated rings. The Labute approximate surface area is 181 Å². The topological polar surface area (TPSA) is 39.7 Å². The number of rotatable bonds is 9. The number of aliphatic imine (C=N–C) groups is 1. The van der Waals surface area contributed by atoms with Gasteiger partial charge < -0.3 is 15.5 Å². The lowest BCUT2D eigenvalue weighted by molar-refractivity contribution is 0.206. The molecule has 0 radical (unpaired) electrons. The summed E-state index contributed by atoms with van der Waals surface area (Å²) in [5, 5.41) is 7.03. The predicted octanol–water partition coefficient (Wildman–Crippen LogP) is 4.22. The van der Waals surface area contributed by atoms with Crippen molar-refractivity contribution in [3.63, 3.8) is 0 Å². The van der Waals surface area contributed by atoms with Crippen molar-refractivity contribution in [1.82, 2.24) is 15.5 Å². The number of guanidine groups is 1. The van der Waals surface area contributed by atoms with Gasteiger partial charge in [0.1, 0.15) is 0 Å². The summed E-state index contributed by atoms with van der Waals surface area (Å²) in [6.07, 6.45) is 4.79. The highest BCUT2D eigenvalue weighted by Gasteiger charge is 2.19. The largest absolute Gasteiger partial charge is 0.357 e. The molecule has 1 aromatic rings. The van der Waals surface area contributed by atoms with Crippen LogP contribution in [0.25, 0.3) is 0 Å². The summed E-state index contributed by atoms with van der Waals surface area (Å²) in [5.74, 6) is 2.10. The quantitative estimate of drug-likeness (QED) is 0.179. The fourth-order valence-corrected chi connectivity index (χ4v) is 3.95. The maximum atomic E-state index is 4.76. The number of piperidine rings is 1. The lowest BCUT2D eigenvalue weighted by atomic mass is 10.1. The van der Waals surface area contributed by atoms with Gasteiger partial charge in [-0.25, -0.2) is 0 Å². The second-order valence-corrected chi connectivity index (χ2v) is 7.70. The maximum absolute atomic E-state index is 4.76. The molecule has 1 aliphatic heterocycles. The van der Waals surface area contributed by atoms with Crippen LogP contribution in [0.3, 0.4) is 0 Å². The minimum Gasteiger partial charge on any atom is -0.357 e. The van der Waals surface area contributed by atoms with Crippen LogP contribution in [0.2, 0.25) is 0 Å². The molecular formula is C20H35IN4S. The average Bonchev–Trinajstić information content (AvgIpc) is 2.64. The number of halogens is 1. The van der Waals surface area contributed by atoms with Gasteiger partial charge >= 0.3 is 0 Å². The molecule has 2 N–H and O–H groups in total. The summed E-state index contributed by atoms with van der Waals surface area (Å²) < 4.78 is 0. The number of thioether (sulfide) groups is 1. The zero-order chi connectivity index (χ0) is 17.7. The number of nitrogens with zero attached hydrogens (tertiary/aromatic N) is 2. The van der Waals surface area contributed by atoms with Crippen LogP contribution in [0.5, 0.6) is 0 Å². The van der Waals surface area contributed by atoms with Crippen LogP contribution in [0.1, 0.15) is 39.5 Å². The molecule has 0 saturated carbocycles. The van der Waals surface area contributed by atoms with E-state index in [0.717, 1.165) is 31.2 Å². The van der Waals surface area contributed by atoms with Gasteiger partial charge in [0.05, 0.1) is 0 Å². The number of likely N-dealkylation sites (tertiary alicyclic amines) is 1. The second-order valence-electron chi connectivity index (χ2n) is 6.54. The van der Waals surface area contributed by atoms with Gasteiger partial charge in [0.2, 0.25) is 0 Å². The maximum Gasteiger partial charge on any atom is 0.191 e. The molecule has 6 heteroatoms. The van der Waals surface area contributed by atoms with Crippen molar-refractivity contribution < 1.29 is 0 Å². The highest BCUT2D eigenvalue weighted by atomic mass is 127. The van der Waals surface area contributed by atoms with Crippen molar-refractivity contribution in [2.45, 2.75) is 50.5 Å². The molecule has 1 saturated heterocycles. The molecule has 1 aromatic carbocycles. The first-order valence-electron chi connectivity index (χ1n) is 9.76. The van der Waals surface area contributed by atoms with E-state index in [4.69, 9.17) is 4.99 Å². The molecule has 0 spiro atoms. The molecule has 26 heavy (non-hydrogen) atoms. The minimum absolute atomic E-state index is 0. The van der Waals surface area contributed by atoms with E-state index in [1.807, 2.05) is 11.8 Å². The fraction of sp³-hybridized carbons (Fsp3) is 0.650. The molecule has 0 aliphatic carbocycles. The molecule has 4 nitrogen and oxygen atoms in total. The van der Waals surface area contributed by atoms with E-state index < -0.39 is 0 Å². The third-order valence-corrected chi connectivity index (χ3v) is 5.50. The summed E-state index contributed by atoms with van der Waals surface area (Å²) in [6.45, 7) is 9.84. The van der Waals surface area contributed by atoms with E-state index in [2.05, 4.69) is 59.7 Å². The second kappa shape index (κ2) is 14.6. The van der Waals surface area contributed by atoms with Crippen molar-refractivity contribution in [3.8, 4) is 0 Å². The zero-order valence-electron chi connectivity index (χ0n) is 16.2. The van der Waals surface area contributed by atoms with Gasteiger partial charge in [-0.15, -0.1) is 35.7 Å². The average molecular weight is 490 g/mol. The first-order valence-corrected chi connectivity index (χ1v) is 10.8. The van der Waals surface area contributed by atoms with Crippen molar-refractivity contribution in [1.29, 1.82) is 0 Å². The lowest BCUT2D eigenvalue weighted by Crippen LogP contribution is -2.48. The Morgan fingerprint density at radius 1 is 1.19 bits per heavy atom. The standard InChI is InChI=1S/C20H34N4S.HI/c1-3-14-24-15-11-18(12-16-24)23-20(21-4-2)22-13-8-17-25-19-9-6-5-7-10-19;/h5-7,9-10,18H,3-4,8,11-17H2,1-2H3,(H2,21,22,23);1H. The van der Waals surface area contributed by atoms with Gasteiger partial charge in [0.15, 0.2) is 5.96 Å². The number of nitrogens with one attached hydrogen (secondary N) is 2. The summed E-state index contributed by atoms with van der Waals surface area (Å²) >= 11 is 1.91. The molecule has 148 valence electrons. The molecule has 1 heterocycles. The van der Waals surface area contributed by atoms with Gasteiger partial charge in [0.25, 0.3) is 0 Å². The molecule has 2 rings (SSSR count). The number of benzene rings is 1. The monoisotopic (exact) mass is 490 g/mol. The van der Waals surface area contributed by atoms with Crippen molar-refractivity contribution >= 4 is 41.7 Å². The molecule has 0 aromatic heterocycles. The van der Waals surface area contributed by atoms with E-state index >= 15 is 0 Å². The smallest absolute Gasteiger partial charge is 0.191 e. The molecule has 0 atom stereocenters. The van der Waals surface area contributed by atoms with Crippen LogP contribution < -0.4 is 10.6 Å². The Morgan fingerprint density at radius 3 is 2.58 bits per heavy atom. The van der Waals surface area contributed by atoms with E-state index in [9.17, 15) is 0 Å². The summed E-state index contributed by atoms with van der Waals surface area (Å²) in [6, 6.07) is 11.2. The first kappa shape index (κ1) is 23.6. The molecule has 0 amide bonds. The Kier molecular flexibility index (Phi) is 13.2. The Morgan fingerprint density at radius 2 is 1.92 bits per heavy atom. The summed E-state index contributed by atoms with van der Waals surface area (Å²) in [7, 11) is 0. The Bertz CT molecular complexity index is 490. The SMILES string of the molecule is CCCN1CCC(NC(=NCCCSc2ccccc2)NCC)CC1.I. The third kappa shape index (κ3) is 9.46. The molecule has 0 unspecified atom stereocenters. The molecule has 1 aliphatic rings. The van der Waals surface area contributed by atoms with Crippen LogP contribution in [0.15, 0.2) is 40.2 Å². The van der Waals surface area contributed by atoms with Gasteiger partial charge in [-0.05, 0) is 57.0 Å². The van der Waals surface area contributed by atoms with Crippen molar-refractivity contribution in [3.05, 3.63) is 30.3 Å². The van der Waals surface area contributed by atoms with Crippen LogP contribution in [0.4, 0.5) is 0 Å². The first-order chi connectivity index (χ1) is 12.3. The van der Waals surface area contributed by atoms with Gasteiger partial charge in [-0.1, -0.05) is 25.1 Å². The lowest BCUT2D eigenvalue weighted by Gasteiger charge is -2.32. The third-order valence-electron chi connectivity index (χ3n) is 4.40. The van der Waals surface area contributed by atoms with E-state index in [0.29, 0.717) is 6.04 Å². The van der Waals surface area contributed by atoms with E-state index in [1.165, 1.54) is 43.8 Å². The van der Waals surface area contributed by atoms with Gasteiger partial charge in [-0.2, -0.15) is 0 Å². The molecule has 0 bridgehead atoms. The van der Waals surface area contributed by atoms with Crippen LogP contribution in [-0.2, 0) is 0 Å². The summed E-state index contributed by atoms with van der Waals surface area (Å²) in [4.78, 5) is 8.68. The predicted molar refractivity (Wildman–Crippen MR) is 126 cm³/mol. The van der Waals surface area contributed by atoms with Crippen molar-refractivity contribution in [2.24, 2.45) is 4.99 Å². The van der Waals surface area contributed by atoms with Gasteiger partial charge in [-0.3, -0.25) is 4.99 Å². The Balaban J connectivity index is 0.00000338. The van der Waals surface area contributed by atoms with Crippen LogP contribution in [0, 0.1) is 0 Å². The van der Waals surface area contributed by atoms with Gasteiger partial charge in [0, 0.05) is 37.1 Å².